The second-order valence-electron chi connectivity index (χ2n) is 3.79. The van der Waals surface area contributed by atoms with E-state index in [4.69, 9.17) is 4.74 Å². The number of benzene rings is 1. The van der Waals surface area contributed by atoms with Gasteiger partial charge in [0.2, 0.25) is 0 Å². The molecule has 1 heterocycles. The lowest BCUT2D eigenvalue weighted by molar-refractivity contribution is 0.386. The minimum absolute atomic E-state index is 0.207. The first-order valence-corrected chi connectivity index (χ1v) is 5.89. The van der Waals surface area contributed by atoms with Gasteiger partial charge in [0.15, 0.2) is 17.4 Å². The lowest BCUT2D eigenvalue weighted by Crippen LogP contribution is -2.02. The van der Waals surface area contributed by atoms with Crippen LogP contribution < -0.4 is 15.4 Å². The first kappa shape index (κ1) is 13.1. The number of hydrogen-bond donors (Lipinski definition) is 2. The van der Waals surface area contributed by atoms with Crippen LogP contribution in [0.4, 0.5) is 21.7 Å². The van der Waals surface area contributed by atoms with Crippen LogP contribution in [0.25, 0.3) is 0 Å². The Hall–Kier alpha value is -2.37. The monoisotopic (exact) mass is 262 g/mol. The fraction of sp³-hybridized carbons (Fsp3) is 0.231. The summed E-state index contributed by atoms with van der Waals surface area (Å²) in [5.74, 6) is 0.992. The van der Waals surface area contributed by atoms with Crippen LogP contribution in [0.3, 0.4) is 0 Å². The summed E-state index contributed by atoms with van der Waals surface area (Å²) in [6, 6.07) is 4.61. The van der Waals surface area contributed by atoms with E-state index in [1.165, 1.54) is 13.2 Å². The Labute approximate surface area is 110 Å². The predicted molar refractivity (Wildman–Crippen MR) is 72.4 cm³/mol. The van der Waals surface area contributed by atoms with E-state index in [0.717, 1.165) is 6.54 Å². The van der Waals surface area contributed by atoms with E-state index in [9.17, 15) is 4.39 Å². The number of methoxy groups -OCH3 is 1. The molecule has 0 radical (unpaired) electrons. The molecule has 6 heteroatoms. The molecule has 0 spiro atoms. The summed E-state index contributed by atoms with van der Waals surface area (Å²) < 4.78 is 18.4. The maximum atomic E-state index is 13.5. The molecule has 100 valence electrons. The van der Waals surface area contributed by atoms with E-state index in [1.54, 1.807) is 24.5 Å². The zero-order chi connectivity index (χ0) is 13.7. The highest BCUT2D eigenvalue weighted by Crippen LogP contribution is 2.22. The van der Waals surface area contributed by atoms with Gasteiger partial charge in [0.1, 0.15) is 5.82 Å². The first-order chi connectivity index (χ1) is 9.22. The van der Waals surface area contributed by atoms with E-state index in [-0.39, 0.29) is 5.75 Å². The average Bonchev–Trinajstić information content (AvgIpc) is 2.40. The van der Waals surface area contributed by atoms with Crippen molar-refractivity contribution < 1.29 is 9.13 Å². The summed E-state index contributed by atoms with van der Waals surface area (Å²) in [7, 11) is 1.43. The van der Waals surface area contributed by atoms with E-state index in [0.29, 0.717) is 17.3 Å². The fourth-order valence-corrected chi connectivity index (χ4v) is 1.58. The number of ether oxygens (including phenoxy) is 1. The molecule has 0 unspecified atom stereocenters. The Balaban J connectivity index is 2.16. The molecular weight excluding hydrogens is 247 g/mol. The number of anilines is 3. The topological polar surface area (TPSA) is 59.1 Å². The molecule has 0 atom stereocenters. The first-order valence-electron chi connectivity index (χ1n) is 5.89. The third-order valence-electron chi connectivity index (χ3n) is 2.42. The molecular formula is C13H15FN4O. The van der Waals surface area contributed by atoms with E-state index in [2.05, 4.69) is 20.6 Å². The molecule has 0 aliphatic heterocycles. The molecule has 0 bridgehead atoms. The lowest BCUT2D eigenvalue weighted by Gasteiger charge is -2.09. The molecule has 0 amide bonds. The van der Waals surface area contributed by atoms with Gasteiger partial charge in [-0.05, 0) is 19.1 Å². The summed E-state index contributed by atoms with van der Waals surface area (Å²) in [5.41, 5.74) is 0.584. The normalized spacial score (nSPS) is 10.1. The van der Waals surface area contributed by atoms with Crippen molar-refractivity contribution in [3.05, 3.63) is 36.4 Å². The Morgan fingerprint density at radius 1 is 1.26 bits per heavy atom. The molecule has 2 rings (SSSR count). The number of hydrogen-bond acceptors (Lipinski definition) is 5. The zero-order valence-corrected chi connectivity index (χ0v) is 10.8. The number of rotatable bonds is 5. The quantitative estimate of drug-likeness (QED) is 0.867. The Bertz CT molecular complexity index is 562. The van der Waals surface area contributed by atoms with Crippen molar-refractivity contribution in [3.63, 3.8) is 0 Å². The van der Waals surface area contributed by atoms with Crippen LogP contribution in [-0.4, -0.2) is 23.6 Å². The third kappa shape index (κ3) is 3.31. The van der Waals surface area contributed by atoms with Gasteiger partial charge in [0.05, 0.1) is 19.5 Å². The number of halogens is 1. The molecule has 0 fully saturated rings. The molecule has 2 aromatic rings. The Morgan fingerprint density at radius 2 is 2.05 bits per heavy atom. The third-order valence-corrected chi connectivity index (χ3v) is 2.42. The number of aromatic nitrogens is 2. The van der Waals surface area contributed by atoms with Crippen molar-refractivity contribution in [2.45, 2.75) is 6.92 Å². The van der Waals surface area contributed by atoms with Crippen molar-refractivity contribution in [3.8, 4) is 5.75 Å². The maximum Gasteiger partial charge on any atom is 0.167 e. The van der Waals surface area contributed by atoms with Gasteiger partial charge in [-0.2, -0.15) is 0 Å². The van der Waals surface area contributed by atoms with Crippen LogP contribution in [0, 0.1) is 5.82 Å². The highest BCUT2D eigenvalue weighted by atomic mass is 19.1. The van der Waals surface area contributed by atoms with Gasteiger partial charge in [0.25, 0.3) is 0 Å². The number of nitrogens with one attached hydrogen (secondary N) is 2. The largest absolute Gasteiger partial charge is 0.494 e. The van der Waals surface area contributed by atoms with Gasteiger partial charge >= 0.3 is 0 Å². The zero-order valence-electron chi connectivity index (χ0n) is 10.8. The molecule has 0 saturated heterocycles. The van der Waals surface area contributed by atoms with Gasteiger partial charge < -0.3 is 15.4 Å². The van der Waals surface area contributed by atoms with Crippen molar-refractivity contribution in [2.24, 2.45) is 0 Å². The number of nitrogens with zero attached hydrogens (tertiary/aromatic N) is 2. The van der Waals surface area contributed by atoms with Gasteiger partial charge in [0, 0.05) is 18.3 Å². The van der Waals surface area contributed by atoms with Crippen LogP contribution in [0.15, 0.2) is 30.6 Å². The second-order valence-corrected chi connectivity index (χ2v) is 3.79. The summed E-state index contributed by atoms with van der Waals surface area (Å²) in [5, 5.41) is 6.04. The van der Waals surface area contributed by atoms with Crippen molar-refractivity contribution in [2.75, 3.05) is 24.3 Å². The van der Waals surface area contributed by atoms with Crippen molar-refractivity contribution in [1.29, 1.82) is 0 Å². The van der Waals surface area contributed by atoms with Crippen LogP contribution >= 0.6 is 0 Å². The molecule has 19 heavy (non-hydrogen) atoms. The molecule has 0 aliphatic rings. The smallest absolute Gasteiger partial charge is 0.167 e. The van der Waals surface area contributed by atoms with Gasteiger partial charge in [-0.15, -0.1) is 0 Å². The molecule has 1 aromatic carbocycles. The highest BCUT2D eigenvalue weighted by Gasteiger charge is 2.04. The Morgan fingerprint density at radius 3 is 2.74 bits per heavy atom. The van der Waals surface area contributed by atoms with E-state index < -0.39 is 5.82 Å². The average molecular weight is 262 g/mol. The summed E-state index contributed by atoms with van der Waals surface area (Å²) in [4.78, 5) is 8.34. The summed E-state index contributed by atoms with van der Waals surface area (Å²) >= 11 is 0. The summed E-state index contributed by atoms with van der Waals surface area (Å²) in [6.45, 7) is 2.73. The lowest BCUT2D eigenvalue weighted by atomic mass is 10.3. The predicted octanol–water partition coefficient (Wildman–Crippen LogP) is 2.80. The van der Waals surface area contributed by atoms with E-state index in [1.807, 2.05) is 6.92 Å². The van der Waals surface area contributed by atoms with Crippen LogP contribution in [0.5, 0.6) is 5.75 Å². The van der Waals surface area contributed by atoms with Crippen LogP contribution in [-0.2, 0) is 0 Å². The summed E-state index contributed by atoms with van der Waals surface area (Å²) in [6.07, 6.45) is 3.20. The molecule has 0 aliphatic carbocycles. The molecule has 2 N–H and O–H groups in total. The van der Waals surface area contributed by atoms with Crippen molar-refractivity contribution >= 4 is 17.3 Å². The molecule has 1 aromatic heterocycles. The molecule has 0 saturated carbocycles. The van der Waals surface area contributed by atoms with Gasteiger partial charge in [-0.1, -0.05) is 0 Å². The minimum Gasteiger partial charge on any atom is -0.494 e. The fourth-order valence-electron chi connectivity index (χ4n) is 1.58. The van der Waals surface area contributed by atoms with Crippen LogP contribution in [0.1, 0.15) is 6.92 Å². The van der Waals surface area contributed by atoms with Crippen LogP contribution in [0.2, 0.25) is 0 Å². The Kier molecular flexibility index (Phi) is 4.12. The van der Waals surface area contributed by atoms with E-state index >= 15 is 0 Å². The van der Waals surface area contributed by atoms with Gasteiger partial charge in [-0.3, -0.25) is 4.98 Å². The highest BCUT2D eigenvalue weighted by molar-refractivity contribution is 5.58. The second kappa shape index (κ2) is 5.99. The van der Waals surface area contributed by atoms with Crippen molar-refractivity contribution in [1.82, 2.24) is 9.97 Å². The van der Waals surface area contributed by atoms with Gasteiger partial charge in [-0.25, -0.2) is 9.37 Å². The standard InChI is InChI=1S/C13H15FN4O/c1-3-16-12-7-15-8-13(18-12)17-9-4-5-11(19-2)10(14)6-9/h4-8H,3H2,1-2H3,(H2,16,17,18). The minimum atomic E-state index is -0.428. The SMILES string of the molecule is CCNc1cncc(Nc2ccc(OC)c(F)c2)n1. The molecule has 5 nitrogen and oxygen atoms in total. The maximum absolute atomic E-state index is 13.5.